The van der Waals surface area contributed by atoms with Crippen LogP contribution in [-0.2, 0) is 6.42 Å². The first-order valence-electron chi connectivity index (χ1n) is 8.21. The molecule has 0 fully saturated rings. The summed E-state index contributed by atoms with van der Waals surface area (Å²) >= 11 is 0. The number of hydrogen-bond donors (Lipinski definition) is 2. The number of benzene rings is 2. The molecule has 0 bridgehead atoms. The summed E-state index contributed by atoms with van der Waals surface area (Å²) in [5.41, 5.74) is 6.32. The first-order valence-corrected chi connectivity index (χ1v) is 8.21. The summed E-state index contributed by atoms with van der Waals surface area (Å²) in [7, 11) is 1.32. The maximum atomic E-state index is 12.5. The van der Waals surface area contributed by atoms with Gasteiger partial charge in [-0.2, -0.15) is 8.78 Å². The molecule has 0 aliphatic rings. The van der Waals surface area contributed by atoms with E-state index in [9.17, 15) is 22.0 Å². The minimum atomic E-state index is -4.85. The lowest BCUT2D eigenvalue weighted by atomic mass is 10.1. The lowest BCUT2D eigenvalue weighted by Gasteiger charge is -2.14. The van der Waals surface area contributed by atoms with Crippen LogP contribution in [0.2, 0.25) is 0 Å². The summed E-state index contributed by atoms with van der Waals surface area (Å²) in [6, 6.07) is 9.86. The Morgan fingerprint density at radius 1 is 1.10 bits per heavy atom. The van der Waals surface area contributed by atoms with E-state index in [1.807, 2.05) is 0 Å². The van der Waals surface area contributed by atoms with E-state index >= 15 is 0 Å². The van der Waals surface area contributed by atoms with Crippen LogP contribution in [0.25, 0.3) is 0 Å². The van der Waals surface area contributed by atoms with Gasteiger partial charge in [-0.05, 0) is 36.2 Å². The van der Waals surface area contributed by atoms with Crippen molar-refractivity contribution in [3.05, 3.63) is 48.0 Å². The second-order valence-corrected chi connectivity index (χ2v) is 5.55. The molecule has 0 aliphatic heterocycles. The van der Waals surface area contributed by atoms with Crippen molar-refractivity contribution in [2.75, 3.05) is 19.0 Å². The maximum Gasteiger partial charge on any atom is 0.573 e. The monoisotopic (exact) mass is 547 g/mol. The van der Waals surface area contributed by atoms with Gasteiger partial charge in [0.25, 0.3) is 0 Å². The minimum Gasteiger partial charge on any atom is -0.493 e. The Hall–Kier alpha value is -2.51. The van der Waals surface area contributed by atoms with Crippen LogP contribution in [0.3, 0.4) is 0 Å². The summed E-state index contributed by atoms with van der Waals surface area (Å²) in [5.74, 6) is -0.559. The molecule has 0 unspecified atom stereocenters. The van der Waals surface area contributed by atoms with Gasteiger partial charge in [-0.15, -0.1) is 37.1 Å². The zero-order valence-corrected chi connectivity index (χ0v) is 17.9. The predicted molar refractivity (Wildman–Crippen MR) is 112 cm³/mol. The number of aliphatic imine (C=N–C) groups is 1. The van der Waals surface area contributed by atoms with Crippen molar-refractivity contribution in [3.63, 3.8) is 0 Å². The molecule has 2 aromatic carbocycles. The first kappa shape index (κ1) is 25.5. The number of rotatable bonds is 8. The average Bonchev–Trinajstić information content (AvgIpc) is 2.62. The SMILES string of the molecule is COc1ccc(CCN=C(N)Nc2ccccc2OC(F)(F)F)cc1OC(F)F.I. The third-order valence-electron chi connectivity index (χ3n) is 3.50. The van der Waals surface area contributed by atoms with E-state index in [0.29, 0.717) is 12.0 Å². The van der Waals surface area contributed by atoms with E-state index < -0.39 is 18.7 Å². The summed E-state index contributed by atoms with van der Waals surface area (Å²) < 4.78 is 75.5. The lowest BCUT2D eigenvalue weighted by molar-refractivity contribution is -0.274. The topological polar surface area (TPSA) is 78.1 Å². The summed E-state index contributed by atoms with van der Waals surface area (Å²) in [5, 5.41) is 2.53. The van der Waals surface area contributed by atoms with Crippen molar-refractivity contribution >= 4 is 35.6 Å². The van der Waals surface area contributed by atoms with Crippen LogP contribution in [0.15, 0.2) is 47.5 Å². The highest BCUT2D eigenvalue weighted by atomic mass is 127. The molecule has 6 nitrogen and oxygen atoms in total. The fourth-order valence-corrected chi connectivity index (χ4v) is 2.33. The molecule has 0 radical (unpaired) electrons. The molecule has 0 atom stereocenters. The van der Waals surface area contributed by atoms with E-state index in [-0.39, 0.29) is 53.7 Å². The highest BCUT2D eigenvalue weighted by molar-refractivity contribution is 14.0. The van der Waals surface area contributed by atoms with Crippen LogP contribution in [0.4, 0.5) is 27.6 Å². The van der Waals surface area contributed by atoms with Crippen LogP contribution in [0.5, 0.6) is 17.2 Å². The van der Waals surface area contributed by atoms with Crippen molar-refractivity contribution in [2.24, 2.45) is 10.7 Å². The lowest BCUT2D eigenvalue weighted by Crippen LogP contribution is -2.24. The molecule has 0 heterocycles. The smallest absolute Gasteiger partial charge is 0.493 e. The summed E-state index contributed by atoms with van der Waals surface area (Å²) in [4.78, 5) is 4.01. The molecule has 0 saturated heterocycles. The number of methoxy groups -OCH3 is 1. The van der Waals surface area contributed by atoms with Crippen molar-refractivity contribution in [1.82, 2.24) is 0 Å². The van der Waals surface area contributed by atoms with E-state index in [1.165, 1.54) is 37.4 Å². The molecular formula is C18H19F5IN3O3. The Balaban J connectivity index is 0.00000450. The standard InChI is InChI=1S/C18H18F5N3O3.HI/c1-27-14-7-6-11(10-15(14)28-16(19)20)8-9-25-17(24)26-12-4-2-3-5-13(12)29-18(21,22)23;/h2-7,10,16H,8-9H2,1H3,(H3,24,25,26);1H. The molecule has 2 aromatic rings. The van der Waals surface area contributed by atoms with Crippen LogP contribution in [0.1, 0.15) is 5.56 Å². The fourth-order valence-electron chi connectivity index (χ4n) is 2.33. The van der Waals surface area contributed by atoms with Gasteiger partial charge in [0.2, 0.25) is 0 Å². The number of nitrogens with zero attached hydrogens (tertiary/aromatic N) is 1. The Morgan fingerprint density at radius 2 is 1.80 bits per heavy atom. The highest BCUT2D eigenvalue weighted by Gasteiger charge is 2.32. The zero-order chi connectivity index (χ0) is 21.4. The van der Waals surface area contributed by atoms with Gasteiger partial charge in [-0.3, -0.25) is 4.99 Å². The van der Waals surface area contributed by atoms with Gasteiger partial charge < -0.3 is 25.3 Å². The van der Waals surface area contributed by atoms with Crippen LogP contribution < -0.4 is 25.3 Å². The first-order chi connectivity index (χ1) is 13.7. The number of nitrogens with one attached hydrogen (secondary N) is 1. The van der Waals surface area contributed by atoms with Gasteiger partial charge in [-0.1, -0.05) is 18.2 Å². The molecule has 0 spiro atoms. The normalized spacial score (nSPS) is 11.6. The number of anilines is 1. The minimum absolute atomic E-state index is 0. The molecule has 0 amide bonds. The number of guanidine groups is 1. The van der Waals surface area contributed by atoms with Gasteiger partial charge in [-0.25, -0.2) is 0 Å². The number of alkyl halides is 5. The molecule has 166 valence electrons. The maximum absolute atomic E-state index is 12.5. The molecule has 0 aromatic heterocycles. The number of halogens is 6. The van der Waals surface area contributed by atoms with Crippen LogP contribution in [0, 0.1) is 0 Å². The molecule has 30 heavy (non-hydrogen) atoms. The van der Waals surface area contributed by atoms with Crippen molar-refractivity contribution in [2.45, 2.75) is 19.4 Å². The largest absolute Gasteiger partial charge is 0.573 e. The van der Waals surface area contributed by atoms with Gasteiger partial charge in [0, 0.05) is 6.54 Å². The number of nitrogens with two attached hydrogens (primary N) is 1. The van der Waals surface area contributed by atoms with Gasteiger partial charge in [0.1, 0.15) is 0 Å². The molecule has 0 aliphatic carbocycles. The second kappa shape index (κ2) is 11.6. The van der Waals surface area contributed by atoms with E-state index in [1.54, 1.807) is 6.07 Å². The molecule has 0 saturated carbocycles. The molecule has 12 heteroatoms. The van der Waals surface area contributed by atoms with Gasteiger partial charge in [0.05, 0.1) is 12.8 Å². The Kier molecular flexibility index (Phi) is 9.89. The Labute approximate surface area is 186 Å². The molecule has 3 N–H and O–H groups in total. The fraction of sp³-hybridized carbons (Fsp3) is 0.278. The van der Waals surface area contributed by atoms with Crippen LogP contribution in [-0.4, -0.2) is 32.6 Å². The number of ether oxygens (including phenoxy) is 3. The molecular weight excluding hydrogens is 528 g/mol. The third-order valence-corrected chi connectivity index (χ3v) is 3.50. The van der Waals surface area contributed by atoms with Crippen molar-refractivity contribution < 1.29 is 36.2 Å². The number of para-hydroxylation sites is 2. The van der Waals surface area contributed by atoms with E-state index in [4.69, 9.17) is 10.5 Å². The van der Waals surface area contributed by atoms with Gasteiger partial charge >= 0.3 is 13.0 Å². The summed E-state index contributed by atoms with van der Waals surface area (Å²) in [6.07, 6.45) is -4.54. The predicted octanol–water partition coefficient (Wildman–Crippen LogP) is 4.78. The van der Waals surface area contributed by atoms with Crippen molar-refractivity contribution in [1.29, 1.82) is 0 Å². The van der Waals surface area contributed by atoms with Crippen LogP contribution >= 0.6 is 24.0 Å². The van der Waals surface area contributed by atoms with E-state index in [0.717, 1.165) is 6.07 Å². The highest BCUT2D eigenvalue weighted by Crippen LogP contribution is 2.30. The summed E-state index contributed by atoms with van der Waals surface area (Å²) in [6.45, 7) is -2.86. The zero-order valence-electron chi connectivity index (χ0n) is 15.6. The number of hydrogen-bond acceptors (Lipinski definition) is 4. The average molecular weight is 547 g/mol. The Bertz CT molecular complexity index is 850. The molecule has 2 rings (SSSR count). The Morgan fingerprint density at radius 3 is 2.43 bits per heavy atom. The second-order valence-electron chi connectivity index (χ2n) is 5.55. The van der Waals surface area contributed by atoms with Crippen molar-refractivity contribution in [3.8, 4) is 17.2 Å². The third kappa shape index (κ3) is 8.47. The van der Waals surface area contributed by atoms with E-state index in [2.05, 4.69) is 19.8 Å². The van der Waals surface area contributed by atoms with Gasteiger partial charge in [0.15, 0.2) is 23.2 Å². The quantitative estimate of drug-likeness (QED) is 0.215.